The number of methoxy groups -OCH3 is 1. The number of amides is 2. The van der Waals surface area contributed by atoms with Crippen LogP contribution in [-0.4, -0.2) is 32.0 Å². The van der Waals surface area contributed by atoms with E-state index in [0.717, 1.165) is 30.5 Å². The number of anilines is 1. The Bertz CT molecular complexity index is 553. The lowest BCUT2D eigenvalue weighted by Gasteiger charge is -2.26. The van der Waals surface area contributed by atoms with Gasteiger partial charge in [-0.15, -0.1) is 0 Å². The lowest BCUT2D eigenvalue weighted by atomic mass is 9.85. The maximum absolute atomic E-state index is 12.0. The molecule has 1 aromatic carbocycles. The van der Waals surface area contributed by atoms with Gasteiger partial charge in [0, 0.05) is 25.9 Å². The van der Waals surface area contributed by atoms with E-state index in [9.17, 15) is 9.59 Å². The minimum atomic E-state index is -0.0678. The van der Waals surface area contributed by atoms with E-state index in [1.165, 1.54) is 6.92 Å². The van der Waals surface area contributed by atoms with Gasteiger partial charge in [-0.05, 0) is 37.5 Å². The first kappa shape index (κ1) is 16.3. The molecule has 5 heteroatoms. The fraction of sp³-hybridized carbons (Fsp3) is 0.529. The van der Waals surface area contributed by atoms with Gasteiger partial charge in [-0.25, -0.2) is 0 Å². The van der Waals surface area contributed by atoms with Gasteiger partial charge in [0.1, 0.15) is 5.75 Å². The Morgan fingerprint density at radius 1 is 1.36 bits per heavy atom. The summed E-state index contributed by atoms with van der Waals surface area (Å²) >= 11 is 0. The van der Waals surface area contributed by atoms with Gasteiger partial charge in [-0.1, -0.05) is 12.5 Å². The second-order valence-corrected chi connectivity index (χ2v) is 5.76. The van der Waals surface area contributed by atoms with Crippen LogP contribution in [0.3, 0.4) is 0 Å². The molecule has 1 fully saturated rings. The van der Waals surface area contributed by atoms with E-state index >= 15 is 0 Å². The van der Waals surface area contributed by atoms with Crippen LogP contribution < -0.4 is 15.0 Å². The second kappa shape index (κ2) is 7.29. The molecule has 2 rings (SSSR count). The highest BCUT2D eigenvalue weighted by Crippen LogP contribution is 2.29. The minimum absolute atomic E-state index is 0.0678. The summed E-state index contributed by atoms with van der Waals surface area (Å²) in [6.07, 6.45) is 3.10. The monoisotopic (exact) mass is 304 g/mol. The molecule has 0 heterocycles. The van der Waals surface area contributed by atoms with Crippen LogP contribution in [0.15, 0.2) is 18.2 Å². The Labute approximate surface area is 131 Å². The molecule has 0 atom stereocenters. The van der Waals surface area contributed by atoms with E-state index in [0.29, 0.717) is 18.8 Å². The van der Waals surface area contributed by atoms with Gasteiger partial charge in [0.05, 0.1) is 12.8 Å². The van der Waals surface area contributed by atoms with Gasteiger partial charge in [0.25, 0.3) is 0 Å². The Kier molecular flexibility index (Phi) is 5.41. The number of ether oxygens (including phenoxy) is 1. The fourth-order valence-electron chi connectivity index (χ4n) is 2.56. The first-order valence-electron chi connectivity index (χ1n) is 7.73. The zero-order valence-electron chi connectivity index (χ0n) is 13.5. The molecule has 1 N–H and O–H groups in total. The Morgan fingerprint density at radius 3 is 2.64 bits per heavy atom. The van der Waals surface area contributed by atoms with Crippen molar-refractivity contribution in [3.8, 4) is 5.75 Å². The quantitative estimate of drug-likeness (QED) is 0.877. The average Bonchev–Trinajstić information content (AvgIpc) is 2.41. The molecule has 5 nitrogen and oxygen atoms in total. The topological polar surface area (TPSA) is 58.6 Å². The van der Waals surface area contributed by atoms with Crippen LogP contribution in [0.4, 0.5) is 5.69 Å². The number of hydrogen-bond acceptors (Lipinski definition) is 3. The number of aryl methyl sites for hydroxylation is 1. The van der Waals surface area contributed by atoms with Crippen molar-refractivity contribution in [2.75, 3.05) is 25.1 Å². The summed E-state index contributed by atoms with van der Waals surface area (Å²) in [4.78, 5) is 25.5. The van der Waals surface area contributed by atoms with Crippen LogP contribution in [0, 0.1) is 12.8 Å². The van der Waals surface area contributed by atoms with Crippen molar-refractivity contribution in [2.24, 2.45) is 5.92 Å². The molecule has 1 aromatic rings. The zero-order chi connectivity index (χ0) is 16.1. The van der Waals surface area contributed by atoms with Gasteiger partial charge in [0.15, 0.2) is 0 Å². The molecular formula is C17H24N2O3. The SMILES string of the molecule is COc1ccc(C)cc1N(CCNC(=O)C1CCC1)C(C)=O. The lowest BCUT2D eigenvalue weighted by Crippen LogP contribution is -2.41. The number of benzene rings is 1. The maximum Gasteiger partial charge on any atom is 0.224 e. The van der Waals surface area contributed by atoms with Crippen molar-refractivity contribution in [3.63, 3.8) is 0 Å². The molecule has 0 unspecified atom stereocenters. The molecule has 1 aliphatic carbocycles. The molecule has 0 bridgehead atoms. The molecule has 1 saturated carbocycles. The van der Waals surface area contributed by atoms with Crippen molar-refractivity contribution >= 4 is 17.5 Å². The van der Waals surface area contributed by atoms with Crippen molar-refractivity contribution < 1.29 is 14.3 Å². The van der Waals surface area contributed by atoms with Gasteiger partial charge >= 0.3 is 0 Å². The number of carbonyl (C=O) groups excluding carboxylic acids is 2. The van der Waals surface area contributed by atoms with Gasteiger partial charge < -0.3 is 15.0 Å². The molecule has 0 aliphatic heterocycles. The number of hydrogen-bond donors (Lipinski definition) is 1. The normalized spacial score (nSPS) is 14.1. The third-order valence-corrected chi connectivity index (χ3v) is 4.12. The summed E-state index contributed by atoms with van der Waals surface area (Å²) in [5, 5.41) is 2.92. The van der Waals surface area contributed by atoms with Crippen molar-refractivity contribution in [1.29, 1.82) is 0 Å². The van der Waals surface area contributed by atoms with Crippen LogP contribution in [0.1, 0.15) is 31.7 Å². The predicted molar refractivity (Wildman–Crippen MR) is 86.1 cm³/mol. The standard InChI is InChI=1S/C17H24N2O3/c1-12-7-8-16(22-3)15(11-12)19(13(2)20)10-9-18-17(21)14-5-4-6-14/h7-8,11,14H,4-6,9-10H2,1-3H3,(H,18,21). The number of carbonyl (C=O) groups is 2. The molecule has 0 aromatic heterocycles. The van der Waals surface area contributed by atoms with E-state index in [1.807, 2.05) is 25.1 Å². The van der Waals surface area contributed by atoms with Crippen molar-refractivity contribution in [1.82, 2.24) is 5.32 Å². The maximum atomic E-state index is 12.0. The predicted octanol–water partition coefficient (Wildman–Crippen LogP) is 2.27. The van der Waals surface area contributed by atoms with Crippen molar-refractivity contribution in [3.05, 3.63) is 23.8 Å². The van der Waals surface area contributed by atoms with E-state index < -0.39 is 0 Å². The molecule has 2 amide bonds. The molecular weight excluding hydrogens is 280 g/mol. The molecule has 1 aliphatic rings. The largest absolute Gasteiger partial charge is 0.495 e. The summed E-state index contributed by atoms with van der Waals surface area (Å²) in [6.45, 7) is 4.38. The summed E-state index contributed by atoms with van der Waals surface area (Å²) < 4.78 is 5.34. The first-order valence-corrected chi connectivity index (χ1v) is 7.73. The smallest absolute Gasteiger partial charge is 0.224 e. The van der Waals surface area contributed by atoms with Crippen LogP contribution in [0.25, 0.3) is 0 Å². The molecule has 22 heavy (non-hydrogen) atoms. The van der Waals surface area contributed by atoms with Gasteiger partial charge in [-0.2, -0.15) is 0 Å². The summed E-state index contributed by atoms with van der Waals surface area (Å²) in [7, 11) is 1.59. The lowest BCUT2D eigenvalue weighted by molar-refractivity contribution is -0.127. The van der Waals surface area contributed by atoms with Gasteiger partial charge in [0.2, 0.25) is 11.8 Å². The third kappa shape index (κ3) is 3.78. The minimum Gasteiger partial charge on any atom is -0.495 e. The fourth-order valence-corrected chi connectivity index (χ4v) is 2.56. The Balaban J connectivity index is 2.02. The molecule has 120 valence electrons. The highest BCUT2D eigenvalue weighted by molar-refractivity contribution is 5.93. The van der Waals surface area contributed by atoms with Crippen LogP contribution in [0.5, 0.6) is 5.75 Å². The summed E-state index contributed by atoms with van der Waals surface area (Å²) in [6, 6.07) is 5.72. The van der Waals surface area contributed by atoms with E-state index in [-0.39, 0.29) is 17.7 Å². The summed E-state index contributed by atoms with van der Waals surface area (Å²) in [5.74, 6) is 0.859. The highest BCUT2D eigenvalue weighted by Gasteiger charge is 2.25. The number of nitrogens with one attached hydrogen (secondary N) is 1. The summed E-state index contributed by atoms with van der Waals surface area (Å²) in [5.41, 5.74) is 1.80. The average molecular weight is 304 g/mol. The molecule has 0 saturated heterocycles. The van der Waals surface area contributed by atoms with Crippen LogP contribution in [-0.2, 0) is 9.59 Å². The zero-order valence-corrected chi connectivity index (χ0v) is 13.5. The molecule has 0 radical (unpaired) electrons. The van der Waals surface area contributed by atoms with E-state index in [1.54, 1.807) is 12.0 Å². The van der Waals surface area contributed by atoms with E-state index in [2.05, 4.69) is 5.32 Å². The number of nitrogens with zero attached hydrogens (tertiary/aromatic N) is 1. The van der Waals surface area contributed by atoms with Crippen LogP contribution >= 0.6 is 0 Å². The Morgan fingerprint density at radius 2 is 2.09 bits per heavy atom. The van der Waals surface area contributed by atoms with Crippen LogP contribution in [0.2, 0.25) is 0 Å². The third-order valence-electron chi connectivity index (χ3n) is 4.12. The Hall–Kier alpha value is -2.04. The van der Waals surface area contributed by atoms with Gasteiger partial charge in [-0.3, -0.25) is 9.59 Å². The first-order chi connectivity index (χ1) is 10.5. The van der Waals surface area contributed by atoms with E-state index in [4.69, 9.17) is 4.74 Å². The van der Waals surface area contributed by atoms with Crippen molar-refractivity contribution in [2.45, 2.75) is 33.1 Å². The number of rotatable bonds is 6. The molecule has 0 spiro atoms. The highest BCUT2D eigenvalue weighted by atomic mass is 16.5. The second-order valence-electron chi connectivity index (χ2n) is 5.76.